The van der Waals surface area contributed by atoms with Gasteiger partial charge in [0, 0.05) is 33.1 Å². The predicted molar refractivity (Wildman–Crippen MR) is 190 cm³/mol. The number of fused-ring (bicyclic) bond motifs is 6. The van der Waals surface area contributed by atoms with E-state index in [1.54, 1.807) is 0 Å². The lowest BCUT2D eigenvalue weighted by molar-refractivity contribution is 0.590. The second-order valence-corrected chi connectivity index (χ2v) is 13.6. The molecule has 0 aliphatic rings. The van der Waals surface area contributed by atoms with Gasteiger partial charge in [-0.15, -0.1) is 0 Å². The maximum Gasteiger partial charge on any atom is 0.227 e. The summed E-state index contributed by atoms with van der Waals surface area (Å²) in [6.45, 7) is 15.2. The molecule has 4 heterocycles. The van der Waals surface area contributed by atoms with Crippen LogP contribution in [-0.2, 0) is 5.41 Å². The number of aryl methyl sites for hydroxylation is 4. The highest BCUT2D eigenvalue weighted by Gasteiger charge is 2.24. The Morgan fingerprint density at radius 1 is 0.674 bits per heavy atom. The fraction of sp³-hybridized carbons (Fsp3) is 0.195. The molecule has 0 N–H and O–H groups in total. The first-order chi connectivity index (χ1) is 22.1. The average molecular weight is 601 g/mol. The monoisotopic (exact) mass is 600 g/mol. The molecule has 0 fully saturated rings. The normalized spacial score (nSPS) is 12.2. The Kier molecular flexibility index (Phi) is 6.20. The van der Waals surface area contributed by atoms with Crippen LogP contribution in [0.25, 0.3) is 72.3 Å². The largest absolute Gasteiger partial charge is 0.437 e. The molecule has 8 rings (SSSR count). The van der Waals surface area contributed by atoms with Crippen LogP contribution in [0.2, 0.25) is 0 Å². The first kappa shape index (κ1) is 28.2. The van der Waals surface area contributed by atoms with E-state index in [1.807, 2.05) is 6.92 Å². The third kappa shape index (κ3) is 4.33. The zero-order chi connectivity index (χ0) is 31.9. The summed E-state index contributed by atoms with van der Waals surface area (Å²) in [7, 11) is 0. The molecule has 0 unspecified atom stereocenters. The van der Waals surface area contributed by atoms with Crippen LogP contribution in [-0.4, -0.2) is 19.5 Å². The van der Waals surface area contributed by atoms with Crippen LogP contribution in [0.3, 0.4) is 0 Å². The minimum atomic E-state index is 0.0454. The van der Waals surface area contributed by atoms with E-state index in [4.69, 9.17) is 19.4 Å². The van der Waals surface area contributed by atoms with Gasteiger partial charge in [0.2, 0.25) is 5.71 Å². The van der Waals surface area contributed by atoms with E-state index >= 15 is 0 Å². The third-order valence-corrected chi connectivity index (χ3v) is 9.28. The molecule has 5 nitrogen and oxygen atoms in total. The molecule has 0 saturated carbocycles. The molecule has 0 aliphatic heterocycles. The van der Waals surface area contributed by atoms with Gasteiger partial charge in [0.05, 0.1) is 27.8 Å². The number of nitrogens with zero attached hydrogens (tertiary/aromatic N) is 4. The van der Waals surface area contributed by atoms with Crippen molar-refractivity contribution in [3.05, 3.63) is 119 Å². The number of hydrogen-bond donors (Lipinski definition) is 0. The fourth-order valence-corrected chi connectivity index (χ4v) is 6.84. The second-order valence-electron chi connectivity index (χ2n) is 13.6. The third-order valence-electron chi connectivity index (χ3n) is 9.28. The molecule has 4 aromatic carbocycles. The van der Waals surface area contributed by atoms with Gasteiger partial charge >= 0.3 is 0 Å². The van der Waals surface area contributed by atoms with E-state index in [-0.39, 0.29) is 5.41 Å². The number of rotatable bonds is 3. The zero-order valence-corrected chi connectivity index (χ0v) is 27.4. The Hall–Kier alpha value is -5.29. The SMILES string of the molecule is Cc1ccc2ccc3nc(-c4ccc(C)c5c4oc4nc(-c6c(C)cccc6C)ccc45)n(-c4ccc(C(C)(C)C)cc4)c3c2n1. The predicted octanol–water partition coefficient (Wildman–Crippen LogP) is 10.7. The molecule has 0 radical (unpaired) electrons. The number of furan rings is 1. The minimum Gasteiger partial charge on any atom is -0.437 e. The van der Waals surface area contributed by atoms with Crippen LogP contribution < -0.4 is 0 Å². The molecule has 4 aromatic heterocycles. The highest BCUT2D eigenvalue weighted by atomic mass is 16.3. The summed E-state index contributed by atoms with van der Waals surface area (Å²) in [5, 5.41) is 3.15. The van der Waals surface area contributed by atoms with Crippen molar-refractivity contribution in [2.45, 2.75) is 53.9 Å². The molecular weight excluding hydrogens is 564 g/mol. The van der Waals surface area contributed by atoms with Gasteiger partial charge in [-0.25, -0.2) is 9.97 Å². The van der Waals surface area contributed by atoms with Crippen molar-refractivity contribution >= 4 is 44.0 Å². The summed E-state index contributed by atoms with van der Waals surface area (Å²) < 4.78 is 8.99. The summed E-state index contributed by atoms with van der Waals surface area (Å²) >= 11 is 0. The van der Waals surface area contributed by atoms with Crippen molar-refractivity contribution in [1.82, 2.24) is 19.5 Å². The number of hydrogen-bond acceptors (Lipinski definition) is 4. The minimum absolute atomic E-state index is 0.0454. The molecule has 5 heteroatoms. The Labute approximate surface area is 268 Å². The average Bonchev–Trinajstić information content (AvgIpc) is 3.60. The van der Waals surface area contributed by atoms with Crippen LogP contribution >= 0.6 is 0 Å². The molecular formula is C41H36N4O. The topological polar surface area (TPSA) is 56.7 Å². The Balaban J connectivity index is 1.43. The van der Waals surface area contributed by atoms with Gasteiger partial charge in [-0.05, 0) is 97.8 Å². The smallest absolute Gasteiger partial charge is 0.227 e. The molecule has 0 aliphatic carbocycles. The molecule has 0 amide bonds. The van der Waals surface area contributed by atoms with Crippen LogP contribution in [0.4, 0.5) is 0 Å². The summed E-state index contributed by atoms with van der Waals surface area (Å²) in [6.07, 6.45) is 0. The molecule has 46 heavy (non-hydrogen) atoms. The first-order valence-corrected chi connectivity index (χ1v) is 15.9. The van der Waals surface area contributed by atoms with Crippen molar-refractivity contribution < 1.29 is 4.42 Å². The van der Waals surface area contributed by atoms with Crippen LogP contribution in [0, 0.1) is 27.7 Å². The lowest BCUT2D eigenvalue weighted by Gasteiger charge is -2.20. The molecule has 0 atom stereocenters. The second kappa shape index (κ2) is 10.1. The summed E-state index contributed by atoms with van der Waals surface area (Å²) in [6, 6.07) is 32.2. The fourth-order valence-electron chi connectivity index (χ4n) is 6.84. The molecule has 0 saturated heterocycles. The van der Waals surface area contributed by atoms with Crippen molar-refractivity contribution in [2.75, 3.05) is 0 Å². The highest BCUT2D eigenvalue weighted by molar-refractivity contribution is 6.11. The van der Waals surface area contributed by atoms with Crippen molar-refractivity contribution in [3.8, 4) is 28.3 Å². The summed E-state index contributed by atoms with van der Waals surface area (Å²) in [5.74, 6) is 0.813. The van der Waals surface area contributed by atoms with Crippen LogP contribution in [0.5, 0.6) is 0 Å². The molecule has 0 spiro atoms. The molecule has 8 aromatic rings. The first-order valence-electron chi connectivity index (χ1n) is 15.9. The maximum atomic E-state index is 6.74. The Morgan fingerprint density at radius 2 is 1.41 bits per heavy atom. The molecule has 226 valence electrons. The lowest BCUT2D eigenvalue weighted by Crippen LogP contribution is -2.11. The molecule has 0 bridgehead atoms. The lowest BCUT2D eigenvalue weighted by atomic mass is 9.87. The maximum absolute atomic E-state index is 6.74. The van der Waals surface area contributed by atoms with E-state index in [2.05, 4.69) is 137 Å². The van der Waals surface area contributed by atoms with E-state index in [9.17, 15) is 0 Å². The van der Waals surface area contributed by atoms with E-state index in [0.29, 0.717) is 5.71 Å². The number of pyridine rings is 2. The van der Waals surface area contributed by atoms with Crippen molar-refractivity contribution in [3.63, 3.8) is 0 Å². The number of imidazole rings is 1. The van der Waals surface area contributed by atoms with E-state index in [1.165, 1.54) is 16.7 Å². The Morgan fingerprint density at radius 3 is 2.15 bits per heavy atom. The highest BCUT2D eigenvalue weighted by Crippen LogP contribution is 2.41. The summed E-state index contributed by atoms with van der Waals surface area (Å²) in [4.78, 5) is 15.4. The van der Waals surface area contributed by atoms with E-state index < -0.39 is 0 Å². The van der Waals surface area contributed by atoms with Crippen molar-refractivity contribution in [1.29, 1.82) is 0 Å². The number of aromatic nitrogens is 4. The number of benzene rings is 4. The van der Waals surface area contributed by atoms with Gasteiger partial charge in [0.1, 0.15) is 11.4 Å². The van der Waals surface area contributed by atoms with Crippen molar-refractivity contribution in [2.24, 2.45) is 0 Å². The Bertz CT molecular complexity index is 2470. The van der Waals surface area contributed by atoms with Gasteiger partial charge in [-0.1, -0.05) is 69.3 Å². The van der Waals surface area contributed by atoms with Gasteiger partial charge in [0.25, 0.3) is 0 Å². The van der Waals surface area contributed by atoms with Gasteiger partial charge in [-0.2, -0.15) is 0 Å². The zero-order valence-electron chi connectivity index (χ0n) is 27.4. The summed E-state index contributed by atoms with van der Waals surface area (Å²) in [5.41, 5.74) is 14.1. The van der Waals surface area contributed by atoms with Gasteiger partial charge < -0.3 is 4.42 Å². The van der Waals surface area contributed by atoms with E-state index in [0.717, 1.165) is 77.9 Å². The quantitative estimate of drug-likeness (QED) is 0.202. The standard InChI is InChI=1S/C41H36N4O/c1-23-9-8-10-24(2)34(23)32-22-20-30-35-25(3)11-19-31(38(35)46-40(30)44-32)39-43-33-21-14-27-13-12-26(4)42-36(27)37(33)45(39)29-17-15-28(16-18-29)41(5,6)7/h8-22H,1-7H3. The van der Waals surface area contributed by atoms with Gasteiger partial charge in [-0.3, -0.25) is 9.55 Å². The van der Waals surface area contributed by atoms with Crippen LogP contribution in [0.1, 0.15) is 48.7 Å². The van der Waals surface area contributed by atoms with Crippen LogP contribution in [0.15, 0.2) is 95.4 Å². The van der Waals surface area contributed by atoms with Gasteiger partial charge in [0.15, 0.2) is 0 Å².